The minimum atomic E-state index is -0.543. The summed E-state index contributed by atoms with van der Waals surface area (Å²) >= 11 is 20.2. The third kappa shape index (κ3) is 25.0. The number of aryl methyl sites for hydroxylation is 3. The highest BCUT2D eigenvalue weighted by molar-refractivity contribution is 9.10. The number of benzene rings is 6. The Hall–Kier alpha value is -9.92. The van der Waals surface area contributed by atoms with Gasteiger partial charge in [-0.1, -0.05) is 196 Å². The van der Waals surface area contributed by atoms with E-state index in [1.807, 2.05) is 145 Å². The van der Waals surface area contributed by atoms with Gasteiger partial charge in [0.05, 0.1) is 63.7 Å². The van der Waals surface area contributed by atoms with Gasteiger partial charge in [-0.25, -0.2) is 73.0 Å². The van der Waals surface area contributed by atoms with E-state index in [-0.39, 0.29) is 58.3 Å². The number of piperazine rings is 3. The molecular formula is C92H117Br2Cl2N21O6. The smallest absolute Gasteiger partial charge is 0.420 e. The summed E-state index contributed by atoms with van der Waals surface area (Å²) in [4.78, 5) is 88.2. The van der Waals surface area contributed by atoms with E-state index in [9.17, 15) is 14.4 Å². The van der Waals surface area contributed by atoms with Gasteiger partial charge in [0, 0.05) is 137 Å². The van der Waals surface area contributed by atoms with Crippen LogP contribution in [0.3, 0.4) is 0 Å². The number of nitrogens with zero attached hydrogens (tertiary/aromatic N) is 21. The third-order valence-electron chi connectivity index (χ3n) is 21.7. The van der Waals surface area contributed by atoms with Crippen molar-refractivity contribution in [3.8, 4) is 0 Å². The minimum Gasteiger partial charge on any atom is -0.448 e. The molecule has 0 saturated carbocycles. The number of carbonyl (C=O) groups excluding carboxylic acids is 3. The van der Waals surface area contributed by atoms with Crippen LogP contribution in [0.1, 0.15) is 108 Å². The maximum atomic E-state index is 14.0. The van der Waals surface area contributed by atoms with Crippen molar-refractivity contribution in [2.24, 2.45) is 0 Å². The second-order valence-electron chi connectivity index (χ2n) is 31.0. The topological polar surface area (TPSA) is 239 Å². The molecule has 123 heavy (non-hydrogen) atoms. The number of carbonyl (C=O) groups is 3. The second-order valence-corrected chi connectivity index (χ2v) is 33.8. The Labute approximate surface area is 750 Å². The Kier molecular flexibility index (Phi) is 35.0. The van der Waals surface area contributed by atoms with E-state index in [1.54, 1.807) is 59.4 Å². The van der Waals surface area contributed by atoms with Crippen molar-refractivity contribution in [1.29, 1.82) is 0 Å². The third-order valence-corrected chi connectivity index (χ3v) is 23.3. The molecule has 12 aromatic rings. The largest absolute Gasteiger partial charge is 0.448 e. The van der Waals surface area contributed by atoms with Crippen LogP contribution in [0.25, 0.3) is 33.1 Å². The van der Waals surface area contributed by atoms with Crippen LogP contribution in [-0.4, -0.2) is 245 Å². The lowest BCUT2D eigenvalue weighted by Gasteiger charge is -2.34. The van der Waals surface area contributed by atoms with Crippen molar-refractivity contribution in [3.63, 3.8) is 0 Å². The van der Waals surface area contributed by atoms with Gasteiger partial charge in [-0.2, -0.15) is 15.3 Å². The zero-order valence-corrected chi connectivity index (χ0v) is 74.4. The van der Waals surface area contributed by atoms with Gasteiger partial charge in [-0.3, -0.25) is 14.7 Å². The second kappa shape index (κ2) is 45.1. The number of likely N-dealkylation sites (N-methyl/N-ethyl adjacent to an activating group) is 3. The summed E-state index contributed by atoms with van der Waals surface area (Å²) in [6.07, 6.45) is 3.85. The molecular weight excluding hydrogens is 1730 g/mol. The molecule has 0 bridgehead atoms. The molecule has 3 saturated heterocycles. The van der Waals surface area contributed by atoms with Gasteiger partial charge in [-0.05, 0) is 127 Å². The van der Waals surface area contributed by atoms with Crippen LogP contribution in [0.5, 0.6) is 0 Å². The summed E-state index contributed by atoms with van der Waals surface area (Å²) in [6, 6.07) is 52.8. The maximum absolute atomic E-state index is 14.0. The molecule has 5 atom stereocenters. The maximum Gasteiger partial charge on any atom is 0.420 e. The van der Waals surface area contributed by atoms with Gasteiger partial charge < -0.3 is 28.9 Å². The Bertz CT molecular complexity index is 5400. The van der Waals surface area contributed by atoms with Gasteiger partial charge in [0.2, 0.25) is 0 Å². The fourth-order valence-corrected chi connectivity index (χ4v) is 16.1. The SMILES string of the molecule is C.C.C.CCC(CN1CCN(C)CC1)OC(=O)N(c1cccc(Br)c1)c1nc(C)nc2c1cnn2CC(C)c1ccccc1.Cc1nc(N(C(=O)OC(C)CN2CCN(C)CC2)c2cccc(Br)c2)c2cnn(CC(C)c3ccccc3)c2n1.Cc1nc(N(C(=O)OCCN2CCN(C)CC2)c2cccc(Cl)c2)c2cnn(CC(Cl)c3ccccc3)c2n1. The van der Waals surface area contributed by atoms with Crippen LogP contribution in [0.15, 0.2) is 191 Å². The summed E-state index contributed by atoms with van der Waals surface area (Å²) in [5.74, 6) is 3.34. The first-order valence-electron chi connectivity index (χ1n) is 40.9. The van der Waals surface area contributed by atoms with Crippen molar-refractivity contribution < 1.29 is 28.6 Å². The fraction of sp³-hybridized carbons (Fsp3) is 0.413. The first-order valence-corrected chi connectivity index (χ1v) is 43.3. The Morgan fingerprint density at radius 1 is 0.431 bits per heavy atom. The number of hydrogen-bond acceptors (Lipinski definition) is 21. The highest BCUT2D eigenvalue weighted by Gasteiger charge is 2.33. The molecule has 3 aliphatic rings. The molecule has 0 spiro atoms. The number of rotatable bonds is 25. The van der Waals surface area contributed by atoms with Crippen LogP contribution in [0.2, 0.25) is 5.02 Å². The monoisotopic (exact) mass is 1840 g/mol. The van der Waals surface area contributed by atoms with Gasteiger partial charge in [0.15, 0.2) is 34.4 Å². The molecule has 6 aromatic heterocycles. The van der Waals surface area contributed by atoms with E-state index in [0.717, 1.165) is 99.5 Å². The van der Waals surface area contributed by atoms with Gasteiger partial charge >= 0.3 is 18.3 Å². The van der Waals surface area contributed by atoms with Crippen molar-refractivity contribution in [1.82, 2.24) is 88.6 Å². The number of anilines is 6. The standard InChI is InChI=1S/C31H38BrN7O2.C30H36BrN7O2.C28H31Cl2N7O2.3CH4/c1-5-27(21-37-16-14-36(4)15-17-37)41-31(40)39(26-13-9-12-25(32)18-26)30-28-19-33-38(29(28)34-23(3)35-30)20-22(2)24-10-7-6-8-11-24;1-21(24-9-6-5-7-10-24)19-37-28-27(18-32-37)29(34-23(3)33-28)38(26-12-8-11-25(31)17-26)30(39)40-22(2)20-36-15-13-35(4)14-16-36;1-20-32-26-24(18-31-36(26)19-25(30)21-7-4-3-5-8-21)27(33-20)37(23-10-6-9-22(29)17-23)28(38)39-16-15-35-13-11-34(2)12-14-35;;;/h6-13,18-19,22,27H,5,14-17,20-21H2,1-4H3;5-12,17-18,21-22H,13-16,19-20H2,1-4H3;3-10,17-18,25H,11-16,19H2,1-2H3;3*1H4. The summed E-state index contributed by atoms with van der Waals surface area (Å²) in [7, 11) is 6.38. The molecule has 654 valence electrons. The number of hydrogen-bond donors (Lipinski definition) is 0. The summed E-state index contributed by atoms with van der Waals surface area (Å²) in [5.41, 5.74) is 7.24. The van der Waals surface area contributed by atoms with Gasteiger partial charge in [0.1, 0.15) is 36.3 Å². The quantitative estimate of drug-likeness (QED) is 0.0382. The van der Waals surface area contributed by atoms with Crippen LogP contribution < -0.4 is 14.7 Å². The molecule has 31 heteroatoms. The van der Waals surface area contributed by atoms with E-state index >= 15 is 0 Å². The highest BCUT2D eigenvalue weighted by Crippen LogP contribution is 2.38. The van der Waals surface area contributed by atoms with Crippen LogP contribution in [-0.2, 0) is 33.8 Å². The normalized spacial score (nSPS) is 15.5. The number of ether oxygens (including phenoxy) is 3. The predicted molar refractivity (Wildman–Crippen MR) is 501 cm³/mol. The molecule has 15 rings (SSSR count). The van der Waals surface area contributed by atoms with Crippen molar-refractivity contribution >= 4 is 141 Å². The Balaban J connectivity index is 0.000000191. The Morgan fingerprint density at radius 2 is 0.797 bits per heavy atom. The summed E-state index contributed by atoms with van der Waals surface area (Å²) in [6.45, 7) is 29.6. The first kappa shape index (κ1) is 95.3. The molecule has 3 aliphatic heterocycles. The molecule has 0 aliphatic carbocycles. The van der Waals surface area contributed by atoms with Crippen LogP contribution >= 0.6 is 55.1 Å². The molecule has 27 nitrogen and oxygen atoms in total. The predicted octanol–water partition coefficient (Wildman–Crippen LogP) is 18.8. The van der Waals surface area contributed by atoms with E-state index in [2.05, 4.69) is 148 Å². The lowest BCUT2D eigenvalue weighted by molar-refractivity contribution is 0.0575. The molecule has 0 radical (unpaired) electrons. The number of amides is 3. The van der Waals surface area contributed by atoms with Crippen LogP contribution in [0, 0.1) is 20.8 Å². The summed E-state index contributed by atoms with van der Waals surface area (Å²) < 4.78 is 25.2. The number of halogens is 4. The van der Waals surface area contributed by atoms with Crippen molar-refractivity contribution in [3.05, 3.63) is 231 Å². The molecule has 0 N–H and O–H groups in total. The average Bonchev–Trinajstić information content (AvgIpc) is 1.62. The lowest BCUT2D eigenvalue weighted by atomic mass is 10.0. The van der Waals surface area contributed by atoms with Gasteiger partial charge in [0.25, 0.3) is 0 Å². The Morgan fingerprint density at radius 3 is 1.20 bits per heavy atom. The van der Waals surface area contributed by atoms with E-state index in [1.165, 1.54) is 20.9 Å². The number of alkyl halides is 1. The fourth-order valence-electron chi connectivity index (χ4n) is 14.9. The number of aromatic nitrogens is 12. The van der Waals surface area contributed by atoms with E-state index in [0.29, 0.717) is 129 Å². The summed E-state index contributed by atoms with van der Waals surface area (Å²) in [5, 5.41) is 16.1. The molecule has 9 heterocycles. The zero-order valence-electron chi connectivity index (χ0n) is 69.7. The van der Waals surface area contributed by atoms with Gasteiger partial charge in [-0.15, -0.1) is 11.6 Å². The molecule has 6 aromatic carbocycles. The van der Waals surface area contributed by atoms with Crippen LogP contribution in [0.4, 0.5) is 48.9 Å². The van der Waals surface area contributed by atoms with Crippen molar-refractivity contribution in [2.45, 2.75) is 126 Å². The lowest BCUT2D eigenvalue weighted by Crippen LogP contribution is -2.48. The minimum absolute atomic E-state index is 0. The van der Waals surface area contributed by atoms with E-state index < -0.39 is 18.3 Å². The highest BCUT2D eigenvalue weighted by atomic mass is 79.9. The number of fused-ring (bicyclic) bond motifs is 3. The first-order chi connectivity index (χ1) is 58.0. The zero-order chi connectivity index (χ0) is 84.5. The van der Waals surface area contributed by atoms with E-state index in [4.69, 9.17) is 62.4 Å². The average molecular weight is 1840 g/mol. The molecule has 3 fully saturated rings. The molecule has 5 unspecified atom stereocenters. The molecule has 3 amide bonds. The van der Waals surface area contributed by atoms with Crippen molar-refractivity contribution in [2.75, 3.05) is 141 Å².